The second kappa shape index (κ2) is 2.98. The Morgan fingerprint density at radius 2 is 2.15 bits per heavy atom. The molecule has 0 saturated carbocycles. The minimum atomic E-state index is -0.291. The summed E-state index contributed by atoms with van der Waals surface area (Å²) in [6.07, 6.45) is 0.901. The lowest BCUT2D eigenvalue weighted by Crippen LogP contribution is -2.72. The summed E-state index contributed by atoms with van der Waals surface area (Å²) in [6, 6.07) is 0.127. The molecule has 0 radical (unpaired) electrons. The monoisotopic (exact) mass is 185 g/mol. The Morgan fingerprint density at radius 3 is 2.38 bits per heavy atom. The first-order valence-corrected chi connectivity index (χ1v) is 4.74. The van der Waals surface area contributed by atoms with Gasteiger partial charge in [-0.25, -0.2) is 0 Å². The van der Waals surface area contributed by atoms with Crippen LogP contribution in [0.15, 0.2) is 0 Å². The summed E-state index contributed by atoms with van der Waals surface area (Å²) in [5.74, 6) is 0.120. The number of hydrogen-bond acceptors (Lipinski definition) is 2. The van der Waals surface area contributed by atoms with E-state index in [4.69, 9.17) is 4.74 Å². The van der Waals surface area contributed by atoms with E-state index in [1.54, 1.807) is 7.11 Å². The fourth-order valence-corrected chi connectivity index (χ4v) is 1.93. The van der Waals surface area contributed by atoms with E-state index in [1.165, 1.54) is 0 Å². The third-order valence-corrected chi connectivity index (χ3v) is 3.36. The number of hydrogen-bond donors (Lipinski definition) is 1. The molecule has 1 fully saturated rings. The van der Waals surface area contributed by atoms with Crippen LogP contribution in [0, 0.1) is 5.41 Å². The largest absolute Gasteiger partial charge is 0.376 e. The molecule has 2 atom stereocenters. The van der Waals surface area contributed by atoms with Crippen molar-refractivity contribution in [2.75, 3.05) is 7.11 Å². The van der Waals surface area contributed by atoms with Crippen LogP contribution in [0.25, 0.3) is 0 Å². The van der Waals surface area contributed by atoms with E-state index in [2.05, 4.69) is 12.2 Å². The van der Waals surface area contributed by atoms with Crippen LogP contribution in [-0.4, -0.2) is 24.7 Å². The van der Waals surface area contributed by atoms with Crippen LogP contribution in [0.3, 0.4) is 0 Å². The Labute approximate surface area is 79.8 Å². The summed E-state index contributed by atoms with van der Waals surface area (Å²) in [4.78, 5) is 11.3. The van der Waals surface area contributed by atoms with Crippen LogP contribution in [0.1, 0.15) is 34.1 Å². The van der Waals surface area contributed by atoms with Gasteiger partial charge in [-0.05, 0) is 27.2 Å². The van der Waals surface area contributed by atoms with Crippen LogP contribution in [0.5, 0.6) is 0 Å². The molecule has 0 aromatic rings. The summed E-state index contributed by atoms with van der Waals surface area (Å²) in [6.45, 7) is 8.04. The van der Waals surface area contributed by atoms with Crippen LogP contribution in [0.2, 0.25) is 0 Å². The SMILES string of the molecule is CCC(C)(OC)C1NC(=O)C1(C)C. The zero-order chi connectivity index (χ0) is 10.3. The molecule has 1 aliphatic rings. The highest BCUT2D eigenvalue weighted by Gasteiger charge is 2.55. The van der Waals surface area contributed by atoms with Gasteiger partial charge in [0.1, 0.15) is 0 Å². The van der Waals surface area contributed by atoms with Crippen molar-refractivity contribution in [1.82, 2.24) is 5.32 Å². The standard InChI is InChI=1S/C10H19NO2/c1-6-10(4,13-5)7-9(2,3)8(12)11-7/h7H,6H2,1-5H3,(H,11,12). The molecule has 0 aromatic carbocycles. The molecule has 76 valence electrons. The lowest BCUT2D eigenvalue weighted by Gasteiger charge is -2.52. The Bertz CT molecular complexity index is 219. The van der Waals surface area contributed by atoms with Crippen molar-refractivity contribution in [3.8, 4) is 0 Å². The average Bonchev–Trinajstić information content (AvgIpc) is 2.13. The number of carbonyl (C=O) groups excluding carboxylic acids is 1. The molecule has 0 bridgehead atoms. The molecule has 2 unspecified atom stereocenters. The van der Waals surface area contributed by atoms with E-state index in [-0.39, 0.29) is 23.0 Å². The van der Waals surface area contributed by atoms with E-state index >= 15 is 0 Å². The maximum absolute atomic E-state index is 11.3. The maximum Gasteiger partial charge on any atom is 0.228 e. The molecule has 0 aromatic heterocycles. The topological polar surface area (TPSA) is 38.3 Å². The molecule has 1 heterocycles. The van der Waals surface area contributed by atoms with Crippen molar-refractivity contribution in [3.05, 3.63) is 0 Å². The number of carbonyl (C=O) groups is 1. The molecule has 13 heavy (non-hydrogen) atoms. The molecule has 1 amide bonds. The van der Waals surface area contributed by atoms with Crippen molar-refractivity contribution in [3.63, 3.8) is 0 Å². The fraction of sp³-hybridized carbons (Fsp3) is 0.900. The summed E-state index contributed by atoms with van der Waals surface area (Å²) in [5, 5.41) is 2.91. The van der Waals surface area contributed by atoms with Gasteiger partial charge in [0, 0.05) is 7.11 Å². The third kappa shape index (κ3) is 1.35. The van der Waals surface area contributed by atoms with Crippen molar-refractivity contribution >= 4 is 5.91 Å². The van der Waals surface area contributed by atoms with Crippen molar-refractivity contribution in [2.24, 2.45) is 5.41 Å². The first-order valence-electron chi connectivity index (χ1n) is 4.74. The minimum Gasteiger partial charge on any atom is -0.376 e. The molecule has 3 nitrogen and oxygen atoms in total. The molecule has 1 N–H and O–H groups in total. The molecule has 3 heteroatoms. The van der Waals surface area contributed by atoms with E-state index in [1.807, 2.05) is 20.8 Å². The minimum absolute atomic E-state index is 0.120. The summed E-state index contributed by atoms with van der Waals surface area (Å²) >= 11 is 0. The summed E-state index contributed by atoms with van der Waals surface area (Å²) in [5.41, 5.74) is -0.530. The second-order valence-electron chi connectivity index (χ2n) is 4.50. The second-order valence-corrected chi connectivity index (χ2v) is 4.50. The molecule has 1 rings (SSSR count). The van der Waals surface area contributed by atoms with Crippen molar-refractivity contribution in [1.29, 1.82) is 0 Å². The molecule has 1 saturated heterocycles. The normalized spacial score (nSPS) is 30.2. The van der Waals surface area contributed by atoms with E-state index < -0.39 is 0 Å². The van der Waals surface area contributed by atoms with Gasteiger partial charge in [-0.15, -0.1) is 0 Å². The van der Waals surface area contributed by atoms with Gasteiger partial charge in [0.2, 0.25) is 5.91 Å². The smallest absolute Gasteiger partial charge is 0.228 e. The van der Waals surface area contributed by atoms with Gasteiger partial charge in [-0.1, -0.05) is 6.92 Å². The first kappa shape index (κ1) is 10.5. The Hall–Kier alpha value is -0.570. The van der Waals surface area contributed by atoms with Crippen LogP contribution >= 0.6 is 0 Å². The number of rotatable bonds is 3. The summed E-state index contributed by atoms with van der Waals surface area (Å²) < 4.78 is 5.46. The highest BCUT2D eigenvalue weighted by molar-refractivity contribution is 5.89. The fourth-order valence-electron chi connectivity index (χ4n) is 1.93. The Morgan fingerprint density at radius 1 is 1.62 bits per heavy atom. The number of β-lactam (4-membered cyclic amide) rings is 1. The van der Waals surface area contributed by atoms with Gasteiger partial charge in [0.15, 0.2) is 0 Å². The number of methoxy groups -OCH3 is 1. The Kier molecular flexibility index (Phi) is 2.41. The summed E-state index contributed by atoms with van der Waals surface area (Å²) in [7, 11) is 1.70. The number of ether oxygens (including phenoxy) is 1. The first-order chi connectivity index (χ1) is 5.88. The molecule has 1 aliphatic heterocycles. The van der Waals surface area contributed by atoms with Gasteiger partial charge in [0.05, 0.1) is 17.1 Å². The molecular weight excluding hydrogens is 166 g/mol. The lowest BCUT2D eigenvalue weighted by atomic mass is 9.68. The van der Waals surface area contributed by atoms with E-state index in [9.17, 15) is 4.79 Å². The van der Waals surface area contributed by atoms with Crippen molar-refractivity contribution < 1.29 is 9.53 Å². The number of amides is 1. The van der Waals surface area contributed by atoms with Crippen molar-refractivity contribution in [2.45, 2.75) is 45.8 Å². The Balaban J connectivity index is 2.80. The van der Waals surface area contributed by atoms with Crippen LogP contribution in [0.4, 0.5) is 0 Å². The lowest BCUT2D eigenvalue weighted by molar-refractivity contribution is -0.159. The predicted octanol–water partition coefficient (Wildman–Crippen LogP) is 1.33. The van der Waals surface area contributed by atoms with Gasteiger partial charge < -0.3 is 10.1 Å². The molecule has 0 spiro atoms. The third-order valence-electron chi connectivity index (χ3n) is 3.36. The van der Waals surface area contributed by atoms with Gasteiger partial charge in [-0.3, -0.25) is 4.79 Å². The van der Waals surface area contributed by atoms with Gasteiger partial charge in [-0.2, -0.15) is 0 Å². The van der Waals surface area contributed by atoms with Crippen LogP contribution < -0.4 is 5.32 Å². The molecule has 0 aliphatic carbocycles. The van der Waals surface area contributed by atoms with E-state index in [0.29, 0.717) is 0 Å². The van der Waals surface area contributed by atoms with Gasteiger partial charge in [0.25, 0.3) is 0 Å². The quantitative estimate of drug-likeness (QED) is 0.673. The highest BCUT2D eigenvalue weighted by Crippen LogP contribution is 2.39. The average molecular weight is 185 g/mol. The van der Waals surface area contributed by atoms with Crippen LogP contribution in [-0.2, 0) is 9.53 Å². The predicted molar refractivity (Wildman–Crippen MR) is 51.4 cm³/mol. The van der Waals surface area contributed by atoms with E-state index in [0.717, 1.165) is 6.42 Å². The zero-order valence-corrected chi connectivity index (χ0v) is 9.10. The molecular formula is C10H19NO2. The highest BCUT2D eigenvalue weighted by atomic mass is 16.5. The zero-order valence-electron chi connectivity index (χ0n) is 9.10. The number of nitrogens with one attached hydrogen (secondary N) is 1. The van der Waals surface area contributed by atoms with Gasteiger partial charge >= 0.3 is 0 Å². The maximum atomic E-state index is 11.3.